The van der Waals surface area contributed by atoms with Crippen molar-refractivity contribution >= 4 is 0 Å². The first-order valence-corrected chi connectivity index (χ1v) is 9.15. The Hall–Kier alpha value is -2.15. The zero-order valence-corrected chi connectivity index (χ0v) is 15.7. The van der Waals surface area contributed by atoms with Gasteiger partial charge in [-0.2, -0.15) is 0 Å². The molecule has 1 aliphatic heterocycles. The fourth-order valence-electron chi connectivity index (χ4n) is 3.32. The minimum absolute atomic E-state index is 0.142. The van der Waals surface area contributed by atoms with Crippen LogP contribution in [0.4, 0.5) is 4.39 Å². The molecule has 0 bridgehead atoms. The lowest BCUT2D eigenvalue weighted by Crippen LogP contribution is -2.26. The molecule has 2 aromatic carbocycles. The summed E-state index contributed by atoms with van der Waals surface area (Å²) < 4.78 is 30.2. The highest BCUT2D eigenvalue weighted by molar-refractivity contribution is 5.43. The zero-order chi connectivity index (χ0) is 19.2. The van der Waals surface area contributed by atoms with Crippen molar-refractivity contribution in [3.05, 3.63) is 59.4 Å². The van der Waals surface area contributed by atoms with Gasteiger partial charge in [0.1, 0.15) is 12.4 Å². The minimum Gasteiger partial charge on any atom is -0.493 e. The Labute approximate surface area is 159 Å². The van der Waals surface area contributed by atoms with Gasteiger partial charge in [-0.1, -0.05) is 18.2 Å². The van der Waals surface area contributed by atoms with Crippen molar-refractivity contribution in [1.82, 2.24) is 4.90 Å². The summed E-state index contributed by atoms with van der Waals surface area (Å²) in [6.45, 7) is 4.74. The number of aliphatic hydroxyl groups excluding tert-OH is 1. The molecule has 0 spiro atoms. The van der Waals surface area contributed by atoms with Crippen LogP contribution in [-0.2, 0) is 17.9 Å². The summed E-state index contributed by atoms with van der Waals surface area (Å²) in [7, 11) is 1.59. The Morgan fingerprint density at radius 1 is 1.11 bits per heavy atom. The van der Waals surface area contributed by atoms with Crippen LogP contribution >= 0.6 is 0 Å². The quantitative estimate of drug-likeness (QED) is 0.769. The number of aliphatic hydroxyl groups is 1. The third kappa shape index (κ3) is 5.19. The van der Waals surface area contributed by atoms with Crippen LogP contribution in [0.1, 0.15) is 18.1 Å². The number of nitrogens with zero attached hydrogens (tertiary/aromatic N) is 1. The summed E-state index contributed by atoms with van der Waals surface area (Å²) in [4.78, 5) is 2.16. The molecule has 0 aliphatic carbocycles. The maximum absolute atomic E-state index is 13.3. The largest absolute Gasteiger partial charge is 0.493 e. The molecule has 1 heterocycles. The first-order valence-electron chi connectivity index (χ1n) is 9.15. The van der Waals surface area contributed by atoms with Crippen LogP contribution in [0.2, 0.25) is 0 Å². The molecule has 3 rings (SSSR count). The first kappa shape index (κ1) is 19.6. The molecule has 0 amide bonds. The second kappa shape index (κ2) is 9.17. The Bertz CT molecular complexity index is 755. The van der Waals surface area contributed by atoms with E-state index in [1.165, 1.54) is 12.1 Å². The average molecular weight is 375 g/mol. The van der Waals surface area contributed by atoms with Crippen molar-refractivity contribution in [1.29, 1.82) is 0 Å². The number of halogens is 1. The van der Waals surface area contributed by atoms with Crippen molar-refractivity contribution in [2.24, 2.45) is 0 Å². The molecule has 1 fully saturated rings. The molecule has 0 saturated carbocycles. The third-order valence-electron chi connectivity index (χ3n) is 4.61. The van der Waals surface area contributed by atoms with Gasteiger partial charge < -0.3 is 19.3 Å². The van der Waals surface area contributed by atoms with Gasteiger partial charge >= 0.3 is 0 Å². The molecule has 0 unspecified atom stereocenters. The van der Waals surface area contributed by atoms with Crippen molar-refractivity contribution in [3.8, 4) is 11.5 Å². The summed E-state index contributed by atoms with van der Waals surface area (Å²) in [5, 5.41) is 10.1. The van der Waals surface area contributed by atoms with Gasteiger partial charge in [-0.3, -0.25) is 4.90 Å². The first-order chi connectivity index (χ1) is 13.1. The molecule has 0 radical (unpaired) electrons. The third-order valence-corrected chi connectivity index (χ3v) is 4.61. The lowest BCUT2D eigenvalue weighted by atomic mass is 10.2. The summed E-state index contributed by atoms with van der Waals surface area (Å²) >= 11 is 0. The number of methoxy groups -OCH3 is 1. The van der Waals surface area contributed by atoms with Crippen LogP contribution in [0.25, 0.3) is 0 Å². The van der Waals surface area contributed by atoms with E-state index in [2.05, 4.69) is 4.90 Å². The number of hydrogen-bond donors (Lipinski definition) is 1. The Balaban J connectivity index is 1.66. The van der Waals surface area contributed by atoms with Crippen molar-refractivity contribution < 1.29 is 23.7 Å². The smallest absolute Gasteiger partial charge is 0.161 e. The van der Waals surface area contributed by atoms with Gasteiger partial charge in [-0.05, 0) is 42.3 Å². The molecular weight excluding hydrogens is 349 g/mol. The molecule has 27 heavy (non-hydrogen) atoms. The molecule has 0 aromatic heterocycles. The number of β-amino-alcohol motifs (C(OH)–C–C–N with tert-alkyl or cyclic N) is 1. The van der Waals surface area contributed by atoms with E-state index in [0.717, 1.165) is 11.1 Å². The Morgan fingerprint density at radius 2 is 1.96 bits per heavy atom. The zero-order valence-electron chi connectivity index (χ0n) is 15.7. The maximum Gasteiger partial charge on any atom is 0.161 e. The predicted molar refractivity (Wildman–Crippen MR) is 100 cm³/mol. The van der Waals surface area contributed by atoms with Crippen LogP contribution in [0.5, 0.6) is 11.5 Å². The van der Waals surface area contributed by atoms with E-state index < -0.39 is 6.10 Å². The molecule has 2 atom stereocenters. The monoisotopic (exact) mass is 375 g/mol. The second-order valence-electron chi connectivity index (χ2n) is 6.66. The summed E-state index contributed by atoms with van der Waals surface area (Å²) in [5.41, 5.74) is 1.80. The Kier molecular flexibility index (Phi) is 6.66. The number of ether oxygens (including phenoxy) is 3. The highest BCUT2D eigenvalue weighted by Crippen LogP contribution is 2.30. The molecule has 2 aromatic rings. The van der Waals surface area contributed by atoms with E-state index in [0.29, 0.717) is 37.7 Å². The molecule has 1 aliphatic rings. The standard InChI is InChI=1S/C21H26FNO4/c1-3-26-21-13-23(12-18(21)24)11-15-7-8-19(25-2)20(10-15)27-14-16-5-4-6-17(22)9-16/h4-10,18,21,24H,3,11-14H2,1-2H3/t18-,21-/m1/s1. The van der Waals surface area contributed by atoms with Crippen molar-refractivity contribution in [3.63, 3.8) is 0 Å². The van der Waals surface area contributed by atoms with Crippen LogP contribution in [0, 0.1) is 5.82 Å². The number of likely N-dealkylation sites (tertiary alicyclic amines) is 1. The molecule has 1 N–H and O–H groups in total. The fraction of sp³-hybridized carbons (Fsp3) is 0.429. The van der Waals surface area contributed by atoms with Crippen LogP contribution < -0.4 is 9.47 Å². The number of hydrogen-bond acceptors (Lipinski definition) is 5. The minimum atomic E-state index is -0.466. The summed E-state index contributed by atoms with van der Waals surface area (Å²) in [5.74, 6) is 0.956. The molecule has 5 nitrogen and oxygen atoms in total. The van der Waals surface area contributed by atoms with Gasteiger partial charge in [0.05, 0.1) is 19.3 Å². The summed E-state index contributed by atoms with van der Waals surface area (Å²) in [6.07, 6.45) is -0.608. The lowest BCUT2D eigenvalue weighted by Gasteiger charge is -2.17. The fourth-order valence-corrected chi connectivity index (χ4v) is 3.32. The predicted octanol–water partition coefficient (Wildman–Crippen LogP) is 2.99. The van der Waals surface area contributed by atoms with Crippen molar-refractivity contribution in [2.75, 3.05) is 26.8 Å². The van der Waals surface area contributed by atoms with E-state index in [9.17, 15) is 9.50 Å². The second-order valence-corrected chi connectivity index (χ2v) is 6.66. The van der Waals surface area contributed by atoms with E-state index in [1.54, 1.807) is 13.2 Å². The van der Waals surface area contributed by atoms with E-state index in [4.69, 9.17) is 14.2 Å². The highest BCUT2D eigenvalue weighted by Gasteiger charge is 2.31. The number of rotatable bonds is 8. The van der Waals surface area contributed by atoms with Gasteiger partial charge in [0.15, 0.2) is 11.5 Å². The highest BCUT2D eigenvalue weighted by atomic mass is 19.1. The maximum atomic E-state index is 13.3. The van der Waals surface area contributed by atoms with E-state index in [1.807, 2.05) is 31.2 Å². The van der Waals surface area contributed by atoms with E-state index in [-0.39, 0.29) is 18.5 Å². The lowest BCUT2D eigenvalue weighted by molar-refractivity contribution is -0.00245. The summed E-state index contributed by atoms with van der Waals surface area (Å²) in [6, 6.07) is 12.1. The molecule has 1 saturated heterocycles. The van der Waals surface area contributed by atoms with Gasteiger partial charge in [0, 0.05) is 26.2 Å². The molecular formula is C21H26FNO4. The SMILES string of the molecule is CCO[C@@H]1CN(Cc2ccc(OC)c(OCc3cccc(F)c3)c2)C[C@H]1O. The Morgan fingerprint density at radius 3 is 2.70 bits per heavy atom. The van der Waals surface area contributed by atoms with Crippen LogP contribution in [-0.4, -0.2) is 49.0 Å². The van der Waals surface area contributed by atoms with Gasteiger partial charge in [-0.15, -0.1) is 0 Å². The van der Waals surface area contributed by atoms with Crippen LogP contribution in [0.15, 0.2) is 42.5 Å². The van der Waals surface area contributed by atoms with Gasteiger partial charge in [-0.25, -0.2) is 4.39 Å². The van der Waals surface area contributed by atoms with Crippen molar-refractivity contribution in [2.45, 2.75) is 32.3 Å². The topological polar surface area (TPSA) is 51.2 Å². The number of benzene rings is 2. The van der Waals surface area contributed by atoms with E-state index >= 15 is 0 Å². The average Bonchev–Trinajstić information content (AvgIpc) is 2.99. The van der Waals surface area contributed by atoms with Crippen LogP contribution in [0.3, 0.4) is 0 Å². The normalized spacial score (nSPS) is 20.0. The molecule has 6 heteroatoms. The van der Waals surface area contributed by atoms with Gasteiger partial charge in [0.25, 0.3) is 0 Å². The van der Waals surface area contributed by atoms with Gasteiger partial charge in [0.2, 0.25) is 0 Å². The molecule has 146 valence electrons.